The Morgan fingerprint density at radius 2 is 2.06 bits per heavy atom. The molecule has 0 aromatic carbocycles. The molecular formula is C14H22N2O. The predicted molar refractivity (Wildman–Crippen MR) is 69.2 cm³/mol. The Labute approximate surface area is 103 Å². The molecule has 3 nitrogen and oxygen atoms in total. The first-order valence-electron chi connectivity index (χ1n) is 6.57. The minimum Gasteiger partial charge on any atom is -0.353 e. The van der Waals surface area contributed by atoms with Crippen molar-refractivity contribution in [2.24, 2.45) is 11.8 Å². The van der Waals surface area contributed by atoms with E-state index in [2.05, 4.69) is 19.2 Å². The molecule has 17 heavy (non-hydrogen) atoms. The Morgan fingerprint density at radius 1 is 1.41 bits per heavy atom. The van der Waals surface area contributed by atoms with E-state index in [1.807, 2.05) is 6.92 Å². The van der Waals surface area contributed by atoms with Crippen molar-refractivity contribution in [3.63, 3.8) is 0 Å². The molecule has 2 bridgehead atoms. The summed E-state index contributed by atoms with van der Waals surface area (Å²) in [6, 6.07) is 0.437. The lowest BCUT2D eigenvalue weighted by Crippen LogP contribution is -2.57. The number of amides is 1. The molecule has 2 heterocycles. The van der Waals surface area contributed by atoms with Crippen LogP contribution in [-0.2, 0) is 4.79 Å². The molecule has 1 amide bonds. The van der Waals surface area contributed by atoms with Gasteiger partial charge in [-0.2, -0.15) is 0 Å². The zero-order valence-electron chi connectivity index (χ0n) is 11.0. The number of rotatable bonds is 4. The highest BCUT2D eigenvalue weighted by Gasteiger charge is 2.45. The SMILES string of the molecule is CCC(C)=C(C)C(=N)CC1C(=O)NC2CC1C2. The Bertz CT molecular complexity index is 378. The largest absolute Gasteiger partial charge is 0.353 e. The van der Waals surface area contributed by atoms with Crippen LogP contribution in [0.25, 0.3) is 0 Å². The summed E-state index contributed by atoms with van der Waals surface area (Å²) in [6.07, 6.45) is 3.85. The maximum atomic E-state index is 11.8. The Kier molecular flexibility index (Phi) is 3.36. The van der Waals surface area contributed by atoms with E-state index >= 15 is 0 Å². The fourth-order valence-corrected chi connectivity index (χ4v) is 2.79. The van der Waals surface area contributed by atoms with Crippen molar-refractivity contribution in [3.8, 4) is 0 Å². The minimum atomic E-state index is 0.0482. The van der Waals surface area contributed by atoms with Gasteiger partial charge in [0.1, 0.15) is 0 Å². The molecule has 2 aliphatic heterocycles. The van der Waals surface area contributed by atoms with Crippen LogP contribution in [0.2, 0.25) is 0 Å². The molecule has 2 N–H and O–H groups in total. The van der Waals surface area contributed by atoms with Crippen molar-refractivity contribution in [2.45, 2.75) is 52.5 Å². The lowest BCUT2D eigenvalue weighted by molar-refractivity contribution is -0.135. The summed E-state index contributed by atoms with van der Waals surface area (Å²) in [5.74, 6) is 0.750. The number of carbonyl (C=O) groups is 1. The maximum absolute atomic E-state index is 11.8. The molecule has 3 heteroatoms. The number of nitrogens with one attached hydrogen (secondary N) is 2. The zero-order chi connectivity index (χ0) is 12.6. The molecule has 1 unspecified atom stereocenters. The highest BCUT2D eigenvalue weighted by molar-refractivity contribution is 6.00. The molecule has 3 rings (SSSR count). The summed E-state index contributed by atoms with van der Waals surface area (Å²) in [6.45, 7) is 6.19. The van der Waals surface area contributed by atoms with Gasteiger partial charge in [-0.15, -0.1) is 0 Å². The first-order chi connectivity index (χ1) is 8.02. The fraction of sp³-hybridized carbons (Fsp3) is 0.714. The lowest BCUT2D eigenvalue weighted by atomic mass is 9.66. The molecule has 1 aliphatic carbocycles. The average molecular weight is 234 g/mol. The van der Waals surface area contributed by atoms with E-state index in [-0.39, 0.29) is 11.8 Å². The fourth-order valence-electron chi connectivity index (χ4n) is 2.79. The van der Waals surface area contributed by atoms with Crippen molar-refractivity contribution in [1.29, 1.82) is 5.41 Å². The molecule has 3 aliphatic rings. The average Bonchev–Trinajstić information content (AvgIpc) is 2.27. The number of carbonyl (C=O) groups excluding carboxylic acids is 1. The highest BCUT2D eigenvalue weighted by atomic mass is 16.2. The zero-order valence-corrected chi connectivity index (χ0v) is 11.0. The summed E-state index contributed by atoms with van der Waals surface area (Å²) < 4.78 is 0. The van der Waals surface area contributed by atoms with Crippen LogP contribution in [0.4, 0.5) is 0 Å². The molecule has 1 saturated carbocycles. The van der Waals surface area contributed by atoms with Crippen molar-refractivity contribution >= 4 is 11.6 Å². The van der Waals surface area contributed by atoms with Gasteiger partial charge in [-0.05, 0) is 44.6 Å². The third-order valence-electron chi connectivity index (χ3n) is 4.47. The smallest absolute Gasteiger partial charge is 0.224 e. The molecule has 0 radical (unpaired) electrons. The van der Waals surface area contributed by atoms with Gasteiger partial charge in [0.15, 0.2) is 0 Å². The van der Waals surface area contributed by atoms with Crippen LogP contribution in [0.5, 0.6) is 0 Å². The van der Waals surface area contributed by atoms with Crippen LogP contribution in [0.1, 0.15) is 46.5 Å². The number of allylic oxidation sites excluding steroid dienone is 2. The summed E-state index contributed by atoms with van der Waals surface area (Å²) in [5.41, 5.74) is 2.98. The second-order valence-electron chi connectivity index (χ2n) is 5.49. The Morgan fingerprint density at radius 3 is 2.59 bits per heavy atom. The van der Waals surface area contributed by atoms with Gasteiger partial charge in [0.25, 0.3) is 0 Å². The van der Waals surface area contributed by atoms with Crippen LogP contribution in [0.15, 0.2) is 11.1 Å². The maximum Gasteiger partial charge on any atom is 0.224 e. The molecule has 2 saturated heterocycles. The van der Waals surface area contributed by atoms with Crippen molar-refractivity contribution < 1.29 is 4.79 Å². The van der Waals surface area contributed by atoms with Crippen molar-refractivity contribution in [3.05, 3.63) is 11.1 Å². The molecule has 0 spiro atoms. The van der Waals surface area contributed by atoms with Gasteiger partial charge in [-0.3, -0.25) is 4.79 Å². The number of hydrogen-bond acceptors (Lipinski definition) is 2. The van der Waals surface area contributed by atoms with Crippen LogP contribution >= 0.6 is 0 Å². The van der Waals surface area contributed by atoms with Gasteiger partial charge in [-0.25, -0.2) is 0 Å². The second kappa shape index (κ2) is 4.63. The summed E-state index contributed by atoms with van der Waals surface area (Å²) >= 11 is 0. The van der Waals surface area contributed by atoms with Gasteiger partial charge in [0.05, 0.1) is 0 Å². The molecular weight excluding hydrogens is 212 g/mol. The molecule has 0 aromatic heterocycles. The number of piperidine rings is 2. The van der Waals surface area contributed by atoms with Gasteiger partial charge in [0.2, 0.25) is 5.91 Å². The first kappa shape index (κ1) is 12.3. The molecule has 94 valence electrons. The summed E-state index contributed by atoms with van der Waals surface area (Å²) in [7, 11) is 0. The van der Waals surface area contributed by atoms with E-state index in [0.29, 0.717) is 24.1 Å². The normalized spacial score (nSPS) is 32.4. The van der Waals surface area contributed by atoms with E-state index < -0.39 is 0 Å². The second-order valence-corrected chi connectivity index (χ2v) is 5.49. The monoisotopic (exact) mass is 234 g/mol. The van der Waals surface area contributed by atoms with E-state index in [1.165, 1.54) is 5.57 Å². The third-order valence-corrected chi connectivity index (χ3v) is 4.47. The van der Waals surface area contributed by atoms with Crippen molar-refractivity contribution in [2.75, 3.05) is 0 Å². The predicted octanol–water partition coefficient (Wildman–Crippen LogP) is 2.67. The third kappa shape index (κ3) is 2.28. The van der Waals surface area contributed by atoms with E-state index in [4.69, 9.17) is 5.41 Å². The quantitative estimate of drug-likeness (QED) is 0.722. The molecule has 3 fully saturated rings. The van der Waals surface area contributed by atoms with Gasteiger partial charge >= 0.3 is 0 Å². The summed E-state index contributed by atoms with van der Waals surface area (Å²) in [5, 5.41) is 11.2. The lowest BCUT2D eigenvalue weighted by Gasteiger charge is -2.46. The van der Waals surface area contributed by atoms with Crippen LogP contribution in [0, 0.1) is 17.2 Å². The van der Waals surface area contributed by atoms with Gasteiger partial charge in [-0.1, -0.05) is 12.5 Å². The first-order valence-corrected chi connectivity index (χ1v) is 6.57. The van der Waals surface area contributed by atoms with Gasteiger partial charge in [0, 0.05) is 24.1 Å². The standard InChI is InChI=1S/C14H22N2O/c1-4-8(2)9(3)13(15)7-12-10-5-11(6-10)16-14(12)17/h10-12,15H,4-7H2,1-3H3,(H,16,17). The van der Waals surface area contributed by atoms with Crippen molar-refractivity contribution in [1.82, 2.24) is 5.32 Å². The highest BCUT2D eigenvalue weighted by Crippen LogP contribution is 2.40. The van der Waals surface area contributed by atoms with E-state index in [1.54, 1.807) is 0 Å². The molecule has 0 aromatic rings. The van der Waals surface area contributed by atoms with Crippen LogP contribution in [0.3, 0.4) is 0 Å². The summed E-state index contributed by atoms with van der Waals surface area (Å²) in [4.78, 5) is 11.8. The van der Waals surface area contributed by atoms with Gasteiger partial charge < -0.3 is 10.7 Å². The Balaban J connectivity index is 2.01. The Hall–Kier alpha value is -1.12. The van der Waals surface area contributed by atoms with Crippen LogP contribution < -0.4 is 5.32 Å². The van der Waals surface area contributed by atoms with Crippen LogP contribution in [-0.4, -0.2) is 17.7 Å². The molecule has 1 atom stereocenters. The van der Waals surface area contributed by atoms with E-state index in [0.717, 1.165) is 24.8 Å². The number of fused-ring (bicyclic) bond motifs is 2. The number of hydrogen-bond donors (Lipinski definition) is 2. The topological polar surface area (TPSA) is 53.0 Å². The minimum absolute atomic E-state index is 0.0482. The van der Waals surface area contributed by atoms with E-state index in [9.17, 15) is 4.79 Å².